The number of aliphatic hydroxyl groups excluding tert-OH is 4. The van der Waals surface area contributed by atoms with Crippen molar-refractivity contribution in [2.75, 3.05) is 6.54 Å². The van der Waals surface area contributed by atoms with E-state index < -0.39 is 47.7 Å². The first-order valence-electron chi connectivity index (χ1n) is 19.2. The van der Waals surface area contributed by atoms with Crippen LogP contribution in [0.2, 0.25) is 0 Å². The van der Waals surface area contributed by atoms with Crippen molar-refractivity contribution in [3.63, 3.8) is 0 Å². The number of aliphatic hydroxyl groups is 5. The summed E-state index contributed by atoms with van der Waals surface area (Å²) in [4.78, 5) is 61.0. The lowest BCUT2D eigenvalue weighted by molar-refractivity contribution is -0.138. The van der Waals surface area contributed by atoms with Crippen LogP contribution in [0.3, 0.4) is 0 Å². The molecular formula is C42H69NO11. The molecule has 9 atom stereocenters. The molecule has 9 unspecified atom stereocenters. The van der Waals surface area contributed by atoms with Gasteiger partial charge < -0.3 is 36.4 Å². The van der Waals surface area contributed by atoms with Gasteiger partial charge in [-0.25, -0.2) is 4.79 Å². The normalized spacial score (nSPS) is 17.3. The summed E-state index contributed by atoms with van der Waals surface area (Å²) in [5.74, 6) is -2.52. The van der Waals surface area contributed by atoms with Crippen LogP contribution in [0.1, 0.15) is 125 Å². The molecule has 8 N–H and O–H groups in total. The molecule has 0 aromatic carbocycles. The number of Topliss-reactive ketones (excluding diaryl/α,β-unsaturated/α-hetero) is 4. The summed E-state index contributed by atoms with van der Waals surface area (Å²) in [5, 5.41) is 61.0. The molecule has 308 valence electrons. The van der Waals surface area contributed by atoms with Gasteiger partial charge in [0, 0.05) is 38.5 Å². The molecule has 12 heteroatoms. The van der Waals surface area contributed by atoms with Crippen LogP contribution in [-0.4, -0.2) is 96.3 Å². The maximum atomic E-state index is 12.7. The molecule has 0 fully saturated rings. The van der Waals surface area contributed by atoms with Crippen LogP contribution in [0.4, 0.5) is 0 Å². The van der Waals surface area contributed by atoms with Crippen molar-refractivity contribution in [1.29, 1.82) is 0 Å². The highest BCUT2D eigenvalue weighted by Gasteiger charge is 2.31. The average molecular weight is 764 g/mol. The lowest BCUT2D eigenvalue weighted by Crippen LogP contribution is -2.36. The van der Waals surface area contributed by atoms with Crippen LogP contribution in [0.15, 0.2) is 48.6 Å². The maximum absolute atomic E-state index is 12.7. The van der Waals surface area contributed by atoms with E-state index in [1.54, 1.807) is 13.8 Å². The van der Waals surface area contributed by atoms with Crippen molar-refractivity contribution < 1.29 is 54.6 Å². The third-order valence-corrected chi connectivity index (χ3v) is 10.5. The lowest BCUT2D eigenvalue weighted by atomic mass is 9.84. The summed E-state index contributed by atoms with van der Waals surface area (Å²) in [6.07, 6.45) is 0.544. The summed E-state index contributed by atoms with van der Waals surface area (Å²) in [6, 6.07) is 0. The number of aliphatic carboxylic acids is 1. The van der Waals surface area contributed by atoms with E-state index in [-0.39, 0.29) is 92.5 Å². The van der Waals surface area contributed by atoms with E-state index in [2.05, 4.69) is 26.7 Å². The third-order valence-electron chi connectivity index (χ3n) is 10.5. The van der Waals surface area contributed by atoms with Gasteiger partial charge in [-0.15, -0.1) is 0 Å². The van der Waals surface area contributed by atoms with Gasteiger partial charge in [0.25, 0.3) is 0 Å². The number of hydrogen-bond donors (Lipinski definition) is 7. The zero-order valence-corrected chi connectivity index (χ0v) is 33.3. The number of nitrogens with two attached hydrogens (primary N) is 1. The zero-order chi connectivity index (χ0) is 41.8. The van der Waals surface area contributed by atoms with Gasteiger partial charge in [0.1, 0.15) is 17.2 Å². The number of ketones is 4. The van der Waals surface area contributed by atoms with Gasteiger partial charge in [0.15, 0.2) is 11.6 Å². The van der Waals surface area contributed by atoms with E-state index in [0.717, 1.165) is 17.7 Å². The van der Waals surface area contributed by atoms with Crippen LogP contribution in [0, 0.1) is 23.7 Å². The molecule has 0 aliphatic rings. The molecule has 0 saturated heterocycles. The molecule has 0 aliphatic heterocycles. The van der Waals surface area contributed by atoms with Gasteiger partial charge in [0.05, 0.1) is 30.0 Å². The molecule has 0 aromatic rings. The number of carbonyl (C=O) groups is 5. The van der Waals surface area contributed by atoms with E-state index in [9.17, 15) is 49.5 Å². The first-order chi connectivity index (χ1) is 25.0. The Kier molecular flexibility index (Phi) is 24.4. The predicted molar refractivity (Wildman–Crippen MR) is 209 cm³/mol. The molecule has 0 saturated carbocycles. The van der Waals surface area contributed by atoms with Gasteiger partial charge in [-0.05, 0) is 100 Å². The minimum atomic E-state index is -1.72. The first-order valence-corrected chi connectivity index (χ1v) is 19.2. The number of hydrogen-bond acceptors (Lipinski definition) is 11. The summed E-state index contributed by atoms with van der Waals surface area (Å²) in [7, 11) is 0. The molecule has 54 heavy (non-hydrogen) atoms. The second kappa shape index (κ2) is 25.9. The Morgan fingerprint density at radius 3 is 1.93 bits per heavy atom. The standard InChI is InChI=1S/C42H69NO11/c1-26(11-9-14-37(48)30(5)22-28(3)31(6)25-43)21-35(46)19-20-42(8,54)39(50)18-16-33(44)12-10-13-34(45)24-36(47)23-29(4)32(7)40(51)38(49)17-15-27(2)41(52)53/h15,17,28-29,31-32,34-35,38,40,45-46,49,51,54H,1-2,5,9-14,16,18-25,43H2,3-4,6-8H3,(H,52,53)/b17-15+. The van der Waals surface area contributed by atoms with Crippen LogP contribution in [0.5, 0.6) is 0 Å². The fraction of sp³-hybridized carbons (Fsp3) is 0.690. The molecule has 0 bridgehead atoms. The van der Waals surface area contributed by atoms with E-state index in [1.165, 1.54) is 6.92 Å². The fourth-order valence-electron chi connectivity index (χ4n) is 5.96. The van der Waals surface area contributed by atoms with Crippen molar-refractivity contribution in [1.82, 2.24) is 0 Å². The lowest BCUT2D eigenvalue weighted by Gasteiger charge is -2.27. The SMILES string of the molecule is C=C(CCCC(=O)C(=C)CC(C)C(C)CN)CC(O)CCC(C)(O)C(=O)CCC(=O)CCCC(O)CC(=O)CC(C)C(C)C(O)C(O)/C=C/C(=C)C(=O)O. The van der Waals surface area contributed by atoms with Gasteiger partial charge in [0.2, 0.25) is 0 Å². The van der Waals surface area contributed by atoms with Crippen molar-refractivity contribution in [2.24, 2.45) is 29.4 Å². The number of carboxylic acids is 1. The third kappa shape index (κ3) is 21.1. The molecule has 0 aromatic heterocycles. The largest absolute Gasteiger partial charge is 0.478 e. The minimum absolute atomic E-state index is 0.00331. The Labute approximate surface area is 322 Å². The van der Waals surface area contributed by atoms with Crippen molar-refractivity contribution in [2.45, 2.75) is 155 Å². The Balaban J connectivity index is 4.45. The molecule has 0 spiro atoms. The molecular weight excluding hydrogens is 694 g/mol. The summed E-state index contributed by atoms with van der Waals surface area (Å²) < 4.78 is 0. The summed E-state index contributed by atoms with van der Waals surface area (Å²) >= 11 is 0. The van der Waals surface area contributed by atoms with E-state index in [4.69, 9.17) is 10.8 Å². The summed E-state index contributed by atoms with van der Waals surface area (Å²) in [6.45, 7) is 20.6. The van der Waals surface area contributed by atoms with Gasteiger partial charge >= 0.3 is 5.97 Å². The molecule has 0 radical (unpaired) electrons. The van der Waals surface area contributed by atoms with Crippen LogP contribution >= 0.6 is 0 Å². The fourth-order valence-corrected chi connectivity index (χ4v) is 5.96. The second-order valence-electron chi connectivity index (χ2n) is 15.7. The number of rotatable bonds is 32. The van der Waals surface area contributed by atoms with E-state index in [1.807, 2.05) is 6.92 Å². The van der Waals surface area contributed by atoms with Gasteiger partial charge in [-0.1, -0.05) is 59.1 Å². The Morgan fingerprint density at radius 2 is 1.33 bits per heavy atom. The molecule has 0 aliphatic carbocycles. The molecule has 0 amide bonds. The molecule has 12 nitrogen and oxygen atoms in total. The second-order valence-corrected chi connectivity index (χ2v) is 15.7. The summed E-state index contributed by atoms with van der Waals surface area (Å²) in [5.41, 5.74) is 5.10. The average Bonchev–Trinajstić information content (AvgIpc) is 3.10. The molecule has 0 rings (SSSR count). The van der Waals surface area contributed by atoms with Crippen LogP contribution in [-0.2, 0) is 24.0 Å². The maximum Gasteiger partial charge on any atom is 0.335 e. The van der Waals surface area contributed by atoms with Crippen LogP contribution in [0.25, 0.3) is 0 Å². The van der Waals surface area contributed by atoms with Crippen molar-refractivity contribution in [3.05, 3.63) is 48.6 Å². The molecule has 0 heterocycles. The quantitative estimate of drug-likeness (QED) is 0.0280. The monoisotopic (exact) mass is 763 g/mol. The highest BCUT2D eigenvalue weighted by atomic mass is 16.4. The Hall–Kier alpha value is -3.13. The van der Waals surface area contributed by atoms with Gasteiger partial charge in [-0.3, -0.25) is 19.2 Å². The van der Waals surface area contributed by atoms with E-state index in [0.29, 0.717) is 50.1 Å². The number of carbonyl (C=O) groups excluding carboxylic acids is 4. The first kappa shape index (κ1) is 50.9. The van der Waals surface area contributed by atoms with Crippen molar-refractivity contribution >= 4 is 29.1 Å². The Morgan fingerprint density at radius 1 is 0.722 bits per heavy atom. The van der Waals surface area contributed by atoms with E-state index >= 15 is 0 Å². The predicted octanol–water partition coefficient (Wildman–Crippen LogP) is 4.73. The zero-order valence-electron chi connectivity index (χ0n) is 33.3. The highest BCUT2D eigenvalue weighted by molar-refractivity contribution is 5.94. The van der Waals surface area contributed by atoms with Gasteiger partial charge in [-0.2, -0.15) is 0 Å². The topological polar surface area (TPSA) is 233 Å². The Bertz CT molecular complexity index is 1300. The van der Waals surface area contributed by atoms with Crippen molar-refractivity contribution in [3.8, 4) is 0 Å². The number of allylic oxidation sites excluding steroid dienone is 1. The van der Waals surface area contributed by atoms with Crippen LogP contribution < -0.4 is 5.73 Å². The highest BCUT2D eigenvalue weighted by Crippen LogP contribution is 2.25. The smallest absolute Gasteiger partial charge is 0.335 e. The number of carboxylic acid groups (broad SMARTS) is 1. The minimum Gasteiger partial charge on any atom is -0.478 e.